The Balaban J connectivity index is 0.000000853. The summed E-state index contributed by atoms with van der Waals surface area (Å²) in [5.41, 5.74) is 5.04. The number of nitrogens with one attached hydrogen (secondary N) is 1. The number of aromatic amines is 1. The van der Waals surface area contributed by atoms with Crippen molar-refractivity contribution in [1.82, 2.24) is 4.98 Å². The summed E-state index contributed by atoms with van der Waals surface area (Å²) < 4.78 is 0. The molecule has 1 aromatic carbocycles. The molecule has 3 heteroatoms. The molecule has 1 aliphatic rings. The normalized spacial score (nSPS) is 14.3. The predicted octanol–water partition coefficient (Wildman–Crippen LogP) is 1.71. The van der Waals surface area contributed by atoms with Gasteiger partial charge in [0.05, 0.1) is 11.4 Å². The molecule has 0 bridgehead atoms. The Bertz CT molecular complexity index is 525. The monoisotopic (exact) mass is 202 g/mol. The minimum Gasteiger partial charge on any atom is -0.412 e. The number of nitrogens with zero attached hydrogens (tertiary/aromatic N) is 1. The van der Waals surface area contributed by atoms with Crippen LogP contribution in [0.5, 0.6) is 0 Å². The first-order chi connectivity index (χ1) is 6.86. The van der Waals surface area contributed by atoms with Gasteiger partial charge in [-0.1, -0.05) is 18.2 Å². The maximum Gasteiger partial charge on any atom is 0.0635 e. The van der Waals surface area contributed by atoms with Crippen molar-refractivity contribution in [2.45, 2.75) is 13.3 Å². The number of hydrogen-bond acceptors (Lipinski definition) is 1. The first kappa shape index (κ1) is 9.93. The molecule has 3 nitrogen and oxygen atoms in total. The van der Waals surface area contributed by atoms with Crippen molar-refractivity contribution in [2.75, 3.05) is 6.54 Å². The zero-order chi connectivity index (χ0) is 9.54. The summed E-state index contributed by atoms with van der Waals surface area (Å²) in [6, 6.07) is 8.47. The standard InChI is InChI=1S/C12H12N2.H2O/c1-8-12-10(6-7-13-8)9-4-2-3-5-11(9)14-12;/h2-5,14H,6-7H2,1H3;1H2. The number of benzene rings is 1. The molecule has 2 heterocycles. The lowest BCUT2D eigenvalue weighted by molar-refractivity contribution is 0.824. The maximum absolute atomic E-state index is 4.45. The molecule has 0 radical (unpaired) electrons. The first-order valence-electron chi connectivity index (χ1n) is 4.97. The van der Waals surface area contributed by atoms with Gasteiger partial charge in [0.2, 0.25) is 0 Å². The van der Waals surface area contributed by atoms with E-state index in [1.807, 2.05) is 0 Å². The van der Waals surface area contributed by atoms with Gasteiger partial charge >= 0.3 is 0 Å². The SMILES string of the molecule is CC1=NCCc2c1[nH]c1ccccc21.O. The summed E-state index contributed by atoms with van der Waals surface area (Å²) in [6.45, 7) is 3.01. The Kier molecular flexibility index (Phi) is 2.32. The largest absolute Gasteiger partial charge is 0.412 e. The topological polar surface area (TPSA) is 59.6 Å². The Morgan fingerprint density at radius 2 is 2.07 bits per heavy atom. The number of hydrogen-bond donors (Lipinski definition) is 1. The number of para-hydroxylation sites is 1. The van der Waals surface area contributed by atoms with Gasteiger partial charge in [0.25, 0.3) is 0 Å². The van der Waals surface area contributed by atoms with E-state index in [1.165, 1.54) is 22.2 Å². The minimum atomic E-state index is 0. The van der Waals surface area contributed by atoms with Crippen molar-refractivity contribution in [3.8, 4) is 0 Å². The van der Waals surface area contributed by atoms with E-state index in [0.717, 1.165) is 18.7 Å². The summed E-state index contributed by atoms with van der Waals surface area (Å²) >= 11 is 0. The Morgan fingerprint density at radius 3 is 2.93 bits per heavy atom. The van der Waals surface area contributed by atoms with Gasteiger partial charge < -0.3 is 10.5 Å². The first-order valence-corrected chi connectivity index (χ1v) is 4.97. The third kappa shape index (κ3) is 1.36. The summed E-state index contributed by atoms with van der Waals surface area (Å²) in [6.07, 6.45) is 1.07. The molecule has 1 aromatic heterocycles. The van der Waals surface area contributed by atoms with E-state index in [4.69, 9.17) is 0 Å². The molecule has 0 aliphatic carbocycles. The molecule has 0 unspecified atom stereocenters. The molecular formula is C12H14N2O. The minimum absolute atomic E-state index is 0. The van der Waals surface area contributed by atoms with Crippen LogP contribution in [-0.2, 0) is 6.42 Å². The average molecular weight is 202 g/mol. The van der Waals surface area contributed by atoms with E-state index in [1.54, 1.807) is 0 Å². The van der Waals surface area contributed by atoms with Crippen LogP contribution in [0, 0.1) is 0 Å². The Labute approximate surface area is 88.2 Å². The van der Waals surface area contributed by atoms with Gasteiger partial charge in [-0.05, 0) is 25.0 Å². The van der Waals surface area contributed by atoms with E-state index < -0.39 is 0 Å². The van der Waals surface area contributed by atoms with Gasteiger partial charge in [0, 0.05) is 17.4 Å². The van der Waals surface area contributed by atoms with Crippen LogP contribution in [0.1, 0.15) is 18.2 Å². The van der Waals surface area contributed by atoms with Crippen LogP contribution in [-0.4, -0.2) is 22.7 Å². The van der Waals surface area contributed by atoms with E-state index in [0.29, 0.717) is 0 Å². The van der Waals surface area contributed by atoms with Gasteiger partial charge in [0.15, 0.2) is 0 Å². The maximum atomic E-state index is 4.45. The molecule has 78 valence electrons. The van der Waals surface area contributed by atoms with Crippen LogP contribution in [0.2, 0.25) is 0 Å². The quantitative estimate of drug-likeness (QED) is 0.676. The molecule has 0 spiro atoms. The Morgan fingerprint density at radius 1 is 1.27 bits per heavy atom. The summed E-state index contributed by atoms with van der Waals surface area (Å²) in [5.74, 6) is 0. The molecule has 1 aliphatic heterocycles. The molecule has 0 atom stereocenters. The number of aromatic nitrogens is 1. The van der Waals surface area contributed by atoms with Crippen molar-refractivity contribution < 1.29 is 5.48 Å². The van der Waals surface area contributed by atoms with E-state index in [2.05, 4.69) is 41.2 Å². The second-order valence-electron chi connectivity index (χ2n) is 3.74. The van der Waals surface area contributed by atoms with Crippen LogP contribution < -0.4 is 0 Å². The van der Waals surface area contributed by atoms with Crippen LogP contribution >= 0.6 is 0 Å². The molecule has 0 fully saturated rings. The van der Waals surface area contributed by atoms with Gasteiger partial charge in [-0.15, -0.1) is 0 Å². The third-order valence-corrected chi connectivity index (χ3v) is 2.89. The average Bonchev–Trinajstić information content (AvgIpc) is 2.59. The lowest BCUT2D eigenvalue weighted by atomic mass is 10.0. The molecule has 0 saturated heterocycles. The molecule has 0 amide bonds. The zero-order valence-electron chi connectivity index (χ0n) is 8.67. The fourth-order valence-electron chi connectivity index (χ4n) is 2.18. The fourth-order valence-corrected chi connectivity index (χ4v) is 2.18. The lowest BCUT2D eigenvalue weighted by Crippen LogP contribution is -2.08. The van der Waals surface area contributed by atoms with Crippen molar-refractivity contribution in [3.05, 3.63) is 35.5 Å². The van der Waals surface area contributed by atoms with Gasteiger partial charge in [-0.25, -0.2) is 0 Å². The van der Waals surface area contributed by atoms with Gasteiger partial charge in [0.1, 0.15) is 0 Å². The van der Waals surface area contributed by atoms with Crippen LogP contribution in [0.3, 0.4) is 0 Å². The second-order valence-corrected chi connectivity index (χ2v) is 3.74. The highest BCUT2D eigenvalue weighted by molar-refractivity contribution is 6.04. The van der Waals surface area contributed by atoms with Crippen molar-refractivity contribution in [1.29, 1.82) is 0 Å². The predicted molar refractivity (Wildman–Crippen MR) is 62.7 cm³/mol. The number of H-pyrrole nitrogens is 1. The molecular weight excluding hydrogens is 188 g/mol. The lowest BCUT2D eigenvalue weighted by Gasteiger charge is -2.08. The highest BCUT2D eigenvalue weighted by atomic mass is 16.0. The molecule has 3 N–H and O–H groups in total. The number of rotatable bonds is 0. The van der Waals surface area contributed by atoms with Crippen LogP contribution in [0.15, 0.2) is 29.3 Å². The number of aliphatic imine (C=N–C) groups is 1. The van der Waals surface area contributed by atoms with E-state index >= 15 is 0 Å². The fraction of sp³-hybridized carbons (Fsp3) is 0.250. The zero-order valence-corrected chi connectivity index (χ0v) is 8.67. The van der Waals surface area contributed by atoms with Crippen LogP contribution in [0.25, 0.3) is 10.9 Å². The van der Waals surface area contributed by atoms with E-state index in [-0.39, 0.29) is 5.48 Å². The molecule has 0 saturated carbocycles. The highest BCUT2D eigenvalue weighted by Crippen LogP contribution is 2.25. The van der Waals surface area contributed by atoms with Crippen molar-refractivity contribution in [3.63, 3.8) is 0 Å². The number of fused-ring (bicyclic) bond motifs is 3. The van der Waals surface area contributed by atoms with Gasteiger partial charge in [-0.3, -0.25) is 4.99 Å². The molecule has 15 heavy (non-hydrogen) atoms. The second kappa shape index (κ2) is 3.51. The van der Waals surface area contributed by atoms with Crippen molar-refractivity contribution >= 4 is 16.6 Å². The van der Waals surface area contributed by atoms with Crippen LogP contribution in [0.4, 0.5) is 0 Å². The summed E-state index contributed by atoms with van der Waals surface area (Å²) in [4.78, 5) is 7.89. The summed E-state index contributed by atoms with van der Waals surface area (Å²) in [5, 5.41) is 1.36. The third-order valence-electron chi connectivity index (χ3n) is 2.89. The molecule has 2 aromatic rings. The van der Waals surface area contributed by atoms with E-state index in [9.17, 15) is 0 Å². The molecule has 3 rings (SSSR count). The smallest absolute Gasteiger partial charge is 0.0635 e. The summed E-state index contributed by atoms with van der Waals surface area (Å²) in [7, 11) is 0. The Hall–Kier alpha value is -1.61. The van der Waals surface area contributed by atoms with Crippen molar-refractivity contribution in [2.24, 2.45) is 4.99 Å². The van der Waals surface area contributed by atoms with Gasteiger partial charge in [-0.2, -0.15) is 0 Å². The highest BCUT2D eigenvalue weighted by Gasteiger charge is 2.15.